The Balaban J connectivity index is 1.97. The van der Waals surface area contributed by atoms with Gasteiger partial charge in [0.2, 0.25) is 5.88 Å². The van der Waals surface area contributed by atoms with Gasteiger partial charge in [0.15, 0.2) is 0 Å². The Labute approximate surface area is 139 Å². The number of hydrogen-bond donors (Lipinski definition) is 0. The number of ether oxygens (including phenoxy) is 1. The Bertz CT molecular complexity index is 905. The molecule has 4 heteroatoms. The minimum absolute atomic E-state index is 0.591. The minimum atomic E-state index is 0.591. The third-order valence-electron chi connectivity index (χ3n) is 3.63. The molecule has 0 aliphatic carbocycles. The summed E-state index contributed by atoms with van der Waals surface area (Å²) in [6.45, 7) is 0. The van der Waals surface area contributed by atoms with Gasteiger partial charge in [0.25, 0.3) is 0 Å². The highest BCUT2D eigenvalue weighted by atomic mass is 32.2. The number of pyridine rings is 1. The fourth-order valence-electron chi connectivity index (χ4n) is 2.54. The van der Waals surface area contributed by atoms with Crippen LogP contribution in [0.4, 0.5) is 5.69 Å². The molecule has 0 unspecified atom stereocenters. The zero-order valence-electron chi connectivity index (χ0n) is 12.6. The molecule has 0 saturated carbocycles. The summed E-state index contributed by atoms with van der Waals surface area (Å²) in [6.07, 6.45) is 0. The standard InChI is InChI=1S/C19H14N2OS/c1-22-18-12-6-9-15(20-18)19-13-7-2-4-10-16(13)23-17-11-5-3-8-14(17)21-19/h2-12H,1H3. The second-order valence-corrected chi connectivity index (χ2v) is 6.18. The van der Waals surface area contributed by atoms with Crippen LogP contribution in [0.3, 0.4) is 0 Å². The monoisotopic (exact) mass is 318 g/mol. The van der Waals surface area contributed by atoms with Gasteiger partial charge in [-0.05, 0) is 24.3 Å². The van der Waals surface area contributed by atoms with Gasteiger partial charge in [0.05, 0.1) is 24.2 Å². The Hall–Kier alpha value is -2.59. The van der Waals surface area contributed by atoms with Gasteiger partial charge in [0.1, 0.15) is 0 Å². The van der Waals surface area contributed by atoms with E-state index < -0.39 is 0 Å². The predicted octanol–water partition coefficient (Wildman–Crippen LogP) is 4.72. The number of rotatable bonds is 2. The normalized spacial score (nSPS) is 12.7. The zero-order valence-corrected chi connectivity index (χ0v) is 13.4. The molecule has 0 radical (unpaired) electrons. The van der Waals surface area contributed by atoms with E-state index in [1.165, 1.54) is 4.90 Å². The van der Waals surface area contributed by atoms with Gasteiger partial charge in [-0.2, -0.15) is 0 Å². The van der Waals surface area contributed by atoms with Crippen LogP contribution in [-0.2, 0) is 0 Å². The summed E-state index contributed by atoms with van der Waals surface area (Å²) in [6, 6.07) is 22.2. The molecule has 0 bridgehead atoms. The topological polar surface area (TPSA) is 34.5 Å². The third-order valence-corrected chi connectivity index (χ3v) is 4.78. The summed E-state index contributed by atoms with van der Waals surface area (Å²) in [5, 5.41) is 0. The van der Waals surface area contributed by atoms with Crippen LogP contribution in [-0.4, -0.2) is 17.8 Å². The molecule has 3 aromatic rings. The van der Waals surface area contributed by atoms with Crippen molar-refractivity contribution in [2.24, 2.45) is 4.99 Å². The fourth-order valence-corrected chi connectivity index (χ4v) is 3.56. The van der Waals surface area contributed by atoms with Crippen molar-refractivity contribution in [1.29, 1.82) is 0 Å². The maximum Gasteiger partial charge on any atom is 0.213 e. The molecule has 2 heterocycles. The fraction of sp³-hybridized carbons (Fsp3) is 0.0526. The molecule has 4 rings (SSSR count). The maximum absolute atomic E-state index is 5.26. The first-order chi connectivity index (χ1) is 11.3. The third kappa shape index (κ3) is 2.62. The van der Waals surface area contributed by atoms with Gasteiger partial charge >= 0.3 is 0 Å². The number of nitrogens with zero attached hydrogens (tertiary/aromatic N) is 2. The van der Waals surface area contributed by atoms with Crippen molar-refractivity contribution in [1.82, 2.24) is 4.98 Å². The maximum atomic E-state index is 5.26. The van der Waals surface area contributed by atoms with Crippen LogP contribution in [0.1, 0.15) is 11.3 Å². The van der Waals surface area contributed by atoms with E-state index >= 15 is 0 Å². The highest BCUT2D eigenvalue weighted by molar-refractivity contribution is 7.99. The molecule has 0 amide bonds. The van der Waals surface area contributed by atoms with Gasteiger partial charge in [0, 0.05) is 21.4 Å². The molecule has 1 aliphatic heterocycles. The second kappa shape index (κ2) is 5.89. The Kier molecular flexibility index (Phi) is 3.60. The van der Waals surface area contributed by atoms with E-state index in [1.54, 1.807) is 18.9 Å². The van der Waals surface area contributed by atoms with E-state index in [-0.39, 0.29) is 0 Å². The van der Waals surface area contributed by atoms with E-state index in [4.69, 9.17) is 9.73 Å². The van der Waals surface area contributed by atoms with Gasteiger partial charge in [-0.15, -0.1) is 0 Å². The summed E-state index contributed by atoms with van der Waals surface area (Å²) in [5.74, 6) is 0.591. The van der Waals surface area contributed by atoms with Gasteiger partial charge in [-0.3, -0.25) is 0 Å². The largest absolute Gasteiger partial charge is 0.481 e. The summed E-state index contributed by atoms with van der Waals surface area (Å²) in [7, 11) is 1.63. The first-order valence-corrected chi connectivity index (χ1v) is 8.13. The molecule has 0 atom stereocenters. The van der Waals surface area contributed by atoms with Crippen LogP contribution >= 0.6 is 11.8 Å². The van der Waals surface area contributed by atoms with E-state index in [9.17, 15) is 0 Å². The Morgan fingerprint density at radius 3 is 2.48 bits per heavy atom. The van der Waals surface area contributed by atoms with Crippen LogP contribution in [0.2, 0.25) is 0 Å². The van der Waals surface area contributed by atoms with Crippen LogP contribution in [0.25, 0.3) is 0 Å². The Morgan fingerprint density at radius 2 is 1.61 bits per heavy atom. The highest BCUT2D eigenvalue weighted by Gasteiger charge is 2.19. The number of para-hydroxylation sites is 1. The summed E-state index contributed by atoms with van der Waals surface area (Å²) < 4.78 is 5.26. The molecule has 0 spiro atoms. The molecule has 112 valence electrons. The molecule has 2 aromatic carbocycles. The van der Waals surface area contributed by atoms with Crippen molar-refractivity contribution in [3.8, 4) is 5.88 Å². The number of methoxy groups -OCH3 is 1. The van der Waals surface area contributed by atoms with Crippen LogP contribution < -0.4 is 4.74 Å². The number of hydrogen-bond acceptors (Lipinski definition) is 4. The van der Waals surface area contributed by atoms with Crippen molar-refractivity contribution in [2.75, 3.05) is 7.11 Å². The molecule has 23 heavy (non-hydrogen) atoms. The van der Waals surface area contributed by atoms with Crippen molar-refractivity contribution in [3.05, 3.63) is 78.0 Å². The summed E-state index contributed by atoms with van der Waals surface area (Å²) >= 11 is 1.74. The van der Waals surface area contributed by atoms with Crippen LogP contribution in [0.15, 0.2) is 81.5 Å². The predicted molar refractivity (Wildman–Crippen MR) is 93.1 cm³/mol. The number of aromatic nitrogens is 1. The van der Waals surface area contributed by atoms with E-state index in [0.29, 0.717) is 5.88 Å². The first kappa shape index (κ1) is 14.0. The molecule has 0 N–H and O–H groups in total. The molecule has 0 fully saturated rings. The highest BCUT2D eigenvalue weighted by Crippen LogP contribution is 2.40. The van der Waals surface area contributed by atoms with Gasteiger partial charge in [-0.1, -0.05) is 48.2 Å². The summed E-state index contributed by atoms with van der Waals surface area (Å²) in [4.78, 5) is 11.8. The Morgan fingerprint density at radius 1 is 0.826 bits per heavy atom. The second-order valence-electron chi connectivity index (χ2n) is 5.09. The van der Waals surface area contributed by atoms with Gasteiger partial charge in [-0.25, -0.2) is 9.98 Å². The van der Waals surface area contributed by atoms with E-state index in [1.807, 2.05) is 42.5 Å². The van der Waals surface area contributed by atoms with E-state index in [2.05, 4.69) is 29.2 Å². The van der Waals surface area contributed by atoms with E-state index in [0.717, 1.165) is 27.6 Å². The SMILES string of the molecule is COc1cccc(C2=Nc3ccccc3Sc3ccccc32)n1. The van der Waals surface area contributed by atoms with Crippen molar-refractivity contribution < 1.29 is 4.74 Å². The number of fused-ring (bicyclic) bond motifs is 2. The minimum Gasteiger partial charge on any atom is -0.481 e. The smallest absolute Gasteiger partial charge is 0.213 e. The lowest BCUT2D eigenvalue weighted by atomic mass is 10.1. The number of benzene rings is 2. The molecule has 1 aromatic heterocycles. The molecule has 0 saturated heterocycles. The lowest BCUT2D eigenvalue weighted by Gasteiger charge is -2.09. The molecule has 1 aliphatic rings. The lowest BCUT2D eigenvalue weighted by molar-refractivity contribution is 0.397. The zero-order chi connectivity index (χ0) is 15.6. The average molecular weight is 318 g/mol. The average Bonchev–Trinajstić information content (AvgIpc) is 2.78. The summed E-state index contributed by atoms with van der Waals surface area (Å²) in [5.41, 5.74) is 3.74. The van der Waals surface area contributed by atoms with Crippen LogP contribution in [0, 0.1) is 0 Å². The van der Waals surface area contributed by atoms with Crippen molar-refractivity contribution in [2.45, 2.75) is 9.79 Å². The van der Waals surface area contributed by atoms with Crippen molar-refractivity contribution in [3.63, 3.8) is 0 Å². The molecular weight excluding hydrogens is 304 g/mol. The lowest BCUT2D eigenvalue weighted by Crippen LogP contribution is -2.07. The van der Waals surface area contributed by atoms with Gasteiger partial charge < -0.3 is 4.74 Å². The van der Waals surface area contributed by atoms with Crippen LogP contribution in [0.5, 0.6) is 5.88 Å². The quantitative estimate of drug-likeness (QED) is 0.536. The number of aliphatic imine (C=N–C) groups is 1. The first-order valence-electron chi connectivity index (χ1n) is 7.31. The van der Waals surface area contributed by atoms with Crippen molar-refractivity contribution >= 4 is 23.2 Å². The molecular formula is C19H14N2OS. The molecule has 3 nitrogen and oxygen atoms in total.